The number of aromatic nitrogens is 2. The Bertz CT molecular complexity index is 814. The van der Waals surface area contributed by atoms with Crippen molar-refractivity contribution in [1.82, 2.24) is 14.9 Å². The molecule has 0 amide bonds. The van der Waals surface area contributed by atoms with Crippen LogP contribution in [0.1, 0.15) is 22.8 Å². The van der Waals surface area contributed by atoms with Crippen molar-refractivity contribution < 1.29 is 9.90 Å². The average Bonchev–Trinajstić information content (AvgIpc) is 3.05. The summed E-state index contributed by atoms with van der Waals surface area (Å²) >= 11 is 0. The topological polar surface area (TPSA) is 69.2 Å². The summed E-state index contributed by atoms with van der Waals surface area (Å²) in [5, 5.41) is 10.3. The molecule has 0 radical (unpaired) electrons. The molecule has 124 valence electrons. The summed E-state index contributed by atoms with van der Waals surface area (Å²) in [4.78, 5) is 22.2. The molecule has 0 aliphatic rings. The highest BCUT2D eigenvalue weighted by Gasteiger charge is 2.24. The highest BCUT2D eigenvalue weighted by Crippen LogP contribution is 2.21. The number of benzene rings is 1. The lowest BCUT2D eigenvalue weighted by Gasteiger charge is -2.27. The zero-order chi connectivity index (χ0) is 16.9. The lowest BCUT2D eigenvalue weighted by molar-refractivity contribution is 0.0796. The summed E-state index contributed by atoms with van der Waals surface area (Å²) in [6, 6.07) is 11.3. The van der Waals surface area contributed by atoms with E-state index in [0.29, 0.717) is 18.7 Å². The van der Waals surface area contributed by atoms with Gasteiger partial charge in [-0.2, -0.15) is 0 Å². The number of aliphatic hydroxyl groups excluding tert-OH is 1. The van der Waals surface area contributed by atoms with E-state index in [1.807, 2.05) is 48.2 Å². The first-order chi connectivity index (χ1) is 11.7. The molecule has 0 saturated carbocycles. The first kappa shape index (κ1) is 16.4. The first-order valence-corrected chi connectivity index (χ1v) is 8.05. The van der Waals surface area contributed by atoms with Gasteiger partial charge in [0.25, 0.3) is 0 Å². The van der Waals surface area contributed by atoms with Crippen LogP contribution in [-0.2, 0) is 6.54 Å². The van der Waals surface area contributed by atoms with E-state index in [1.54, 1.807) is 18.6 Å². The van der Waals surface area contributed by atoms with Crippen molar-refractivity contribution in [2.24, 2.45) is 0 Å². The Kier molecular flexibility index (Phi) is 5.03. The molecule has 0 fully saturated rings. The minimum Gasteiger partial charge on any atom is -0.395 e. The fourth-order valence-corrected chi connectivity index (χ4v) is 2.93. The largest absolute Gasteiger partial charge is 0.395 e. The van der Waals surface area contributed by atoms with Crippen molar-refractivity contribution in [3.63, 3.8) is 0 Å². The number of pyridine rings is 1. The number of ketones is 1. The van der Waals surface area contributed by atoms with Crippen molar-refractivity contribution in [1.29, 1.82) is 0 Å². The van der Waals surface area contributed by atoms with Gasteiger partial charge >= 0.3 is 0 Å². The fourth-order valence-electron chi connectivity index (χ4n) is 2.93. The zero-order valence-electron chi connectivity index (χ0n) is 13.6. The van der Waals surface area contributed by atoms with Gasteiger partial charge in [-0.25, -0.2) is 0 Å². The second-order valence-corrected chi connectivity index (χ2v) is 5.84. The maximum Gasteiger partial charge on any atom is 0.181 e. The normalized spacial score (nSPS) is 12.6. The van der Waals surface area contributed by atoms with Gasteiger partial charge in [-0.05, 0) is 24.6 Å². The van der Waals surface area contributed by atoms with E-state index in [4.69, 9.17) is 0 Å². The molecule has 3 rings (SSSR count). The number of hydrogen-bond donors (Lipinski definition) is 2. The number of para-hydroxylation sites is 1. The Labute approximate surface area is 141 Å². The van der Waals surface area contributed by atoms with Gasteiger partial charge in [0.2, 0.25) is 0 Å². The number of carbonyl (C=O) groups is 1. The van der Waals surface area contributed by atoms with Crippen LogP contribution in [0, 0.1) is 0 Å². The summed E-state index contributed by atoms with van der Waals surface area (Å²) in [6.45, 7) is 2.90. The molecule has 1 unspecified atom stereocenters. The molecule has 0 spiro atoms. The number of fused-ring (bicyclic) bond motifs is 1. The molecule has 3 aromatic rings. The van der Waals surface area contributed by atoms with E-state index in [1.165, 1.54) is 0 Å². The Morgan fingerprint density at radius 3 is 2.88 bits per heavy atom. The van der Waals surface area contributed by atoms with Gasteiger partial charge in [0, 0.05) is 48.1 Å². The monoisotopic (exact) mass is 323 g/mol. The molecule has 1 atom stereocenters. The van der Waals surface area contributed by atoms with Crippen LogP contribution in [0.3, 0.4) is 0 Å². The number of Topliss-reactive ketones (excluding diaryl/α,β-unsaturated/α-hetero) is 1. The van der Waals surface area contributed by atoms with Crippen LogP contribution in [0.5, 0.6) is 0 Å². The fraction of sp³-hybridized carbons (Fsp3) is 0.263. The number of hydrogen-bond acceptors (Lipinski definition) is 4. The molecule has 5 nitrogen and oxygen atoms in total. The van der Waals surface area contributed by atoms with E-state index in [9.17, 15) is 9.90 Å². The van der Waals surface area contributed by atoms with Crippen LogP contribution in [0.25, 0.3) is 10.9 Å². The number of aliphatic hydroxyl groups is 1. The van der Waals surface area contributed by atoms with Gasteiger partial charge in [0.1, 0.15) is 0 Å². The van der Waals surface area contributed by atoms with Gasteiger partial charge in [-0.3, -0.25) is 14.7 Å². The molecule has 2 aromatic heterocycles. The third kappa shape index (κ3) is 3.37. The summed E-state index contributed by atoms with van der Waals surface area (Å²) in [5.41, 5.74) is 2.66. The van der Waals surface area contributed by atoms with Crippen LogP contribution in [0.15, 0.2) is 55.0 Å². The predicted molar refractivity (Wildman–Crippen MR) is 93.8 cm³/mol. The van der Waals surface area contributed by atoms with E-state index in [2.05, 4.69) is 9.97 Å². The van der Waals surface area contributed by atoms with Gasteiger partial charge in [0.05, 0.1) is 12.6 Å². The van der Waals surface area contributed by atoms with Crippen LogP contribution in [0.2, 0.25) is 0 Å². The number of aromatic amines is 1. The van der Waals surface area contributed by atoms with E-state index >= 15 is 0 Å². The molecular formula is C19H21N3O2. The molecule has 2 N–H and O–H groups in total. The zero-order valence-corrected chi connectivity index (χ0v) is 13.6. The minimum absolute atomic E-state index is 0.00572. The van der Waals surface area contributed by atoms with Crippen molar-refractivity contribution in [3.8, 4) is 0 Å². The maximum atomic E-state index is 13.0. The van der Waals surface area contributed by atoms with Crippen molar-refractivity contribution in [2.75, 3.05) is 13.2 Å². The van der Waals surface area contributed by atoms with Gasteiger partial charge in [-0.1, -0.05) is 24.3 Å². The number of rotatable bonds is 7. The molecule has 5 heteroatoms. The van der Waals surface area contributed by atoms with Crippen molar-refractivity contribution in [2.45, 2.75) is 19.5 Å². The highest BCUT2D eigenvalue weighted by molar-refractivity contribution is 6.10. The maximum absolute atomic E-state index is 13.0. The van der Waals surface area contributed by atoms with E-state index < -0.39 is 0 Å². The SMILES string of the molecule is CC(C(=O)c1c[nH]c2ccccc12)N(CCO)Cc1cccnc1. The summed E-state index contributed by atoms with van der Waals surface area (Å²) in [5.74, 6) is 0.0461. The van der Waals surface area contributed by atoms with Gasteiger partial charge < -0.3 is 10.1 Å². The van der Waals surface area contributed by atoms with Crippen molar-refractivity contribution in [3.05, 3.63) is 66.1 Å². The van der Waals surface area contributed by atoms with E-state index in [0.717, 1.165) is 16.5 Å². The lowest BCUT2D eigenvalue weighted by Crippen LogP contribution is -2.40. The second kappa shape index (κ2) is 7.38. The molecule has 0 bridgehead atoms. The molecular weight excluding hydrogens is 302 g/mol. The lowest BCUT2D eigenvalue weighted by atomic mass is 10.0. The Balaban J connectivity index is 1.83. The summed E-state index contributed by atoms with van der Waals surface area (Å²) in [6.07, 6.45) is 5.28. The van der Waals surface area contributed by atoms with Gasteiger partial charge in [0.15, 0.2) is 5.78 Å². The standard InChI is InChI=1S/C19H21N3O2/c1-14(22(9-10-23)13-15-5-4-8-20-11-15)19(24)17-12-21-18-7-3-2-6-16(17)18/h2-8,11-12,14,21,23H,9-10,13H2,1H3. The third-order valence-electron chi connectivity index (χ3n) is 4.28. The number of carbonyl (C=O) groups excluding carboxylic acids is 1. The van der Waals surface area contributed by atoms with Gasteiger partial charge in [-0.15, -0.1) is 0 Å². The van der Waals surface area contributed by atoms with E-state index in [-0.39, 0.29) is 18.4 Å². The Morgan fingerprint density at radius 2 is 2.12 bits per heavy atom. The molecule has 0 aliphatic carbocycles. The van der Waals surface area contributed by atoms with Crippen LogP contribution in [-0.4, -0.2) is 45.0 Å². The summed E-state index contributed by atoms with van der Waals surface area (Å²) in [7, 11) is 0. The summed E-state index contributed by atoms with van der Waals surface area (Å²) < 4.78 is 0. The molecule has 2 heterocycles. The molecule has 1 aromatic carbocycles. The number of nitrogens with one attached hydrogen (secondary N) is 1. The van der Waals surface area contributed by atoms with Crippen molar-refractivity contribution >= 4 is 16.7 Å². The van der Waals surface area contributed by atoms with Crippen LogP contribution < -0.4 is 0 Å². The smallest absolute Gasteiger partial charge is 0.181 e. The highest BCUT2D eigenvalue weighted by atomic mass is 16.3. The van der Waals surface area contributed by atoms with Crippen LogP contribution >= 0.6 is 0 Å². The minimum atomic E-state index is -0.337. The molecule has 24 heavy (non-hydrogen) atoms. The number of nitrogens with zero attached hydrogens (tertiary/aromatic N) is 2. The Morgan fingerprint density at radius 1 is 1.29 bits per heavy atom. The van der Waals surface area contributed by atoms with Crippen LogP contribution in [0.4, 0.5) is 0 Å². The number of H-pyrrole nitrogens is 1. The second-order valence-electron chi connectivity index (χ2n) is 5.84. The Hall–Kier alpha value is -2.50. The predicted octanol–water partition coefficient (Wildman–Crippen LogP) is 2.63. The average molecular weight is 323 g/mol. The first-order valence-electron chi connectivity index (χ1n) is 8.05. The molecule has 0 aliphatic heterocycles. The molecule has 0 saturated heterocycles. The quantitative estimate of drug-likeness (QED) is 0.656. The third-order valence-corrected chi connectivity index (χ3v) is 4.28.